The molecule has 3 N–H and O–H groups in total. The van der Waals surface area contributed by atoms with E-state index in [1.54, 1.807) is 0 Å². The molecule has 0 saturated carbocycles. The zero-order valence-electron chi connectivity index (χ0n) is 6.89. The first kappa shape index (κ1) is 8.69. The maximum Gasteiger partial charge on any atom is 0.210 e. The molecule has 1 rings (SSSR count). The van der Waals surface area contributed by atoms with Crippen molar-refractivity contribution in [1.82, 2.24) is 5.32 Å². The van der Waals surface area contributed by atoms with Gasteiger partial charge in [-0.25, -0.2) is 0 Å². The lowest BCUT2D eigenvalue weighted by atomic mass is 10.2. The van der Waals surface area contributed by atoms with E-state index in [-0.39, 0.29) is 11.5 Å². The van der Waals surface area contributed by atoms with Crippen LogP contribution in [0.25, 0.3) is 0 Å². The summed E-state index contributed by atoms with van der Waals surface area (Å²) in [7, 11) is 1.85. The molecule has 3 heteroatoms. The molecule has 0 atom stereocenters. The standard InChI is InChI=1S/C9H11NO2/c1-10-5-4-7-2-3-8(11)9(12)6-7/h6,10-12H,4-5H2,1H3. The van der Waals surface area contributed by atoms with Gasteiger partial charge in [-0.2, -0.15) is 0 Å². The molecular formula is C9H11NO2. The van der Waals surface area contributed by atoms with Gasteiger partial charge in [0.1, 0.15) is 0 Å². The van der Waals surface area contributed by atoms with E-state index in [1.165, 1.54) is 6.07 Å². The van der Waals surface area contributed by atoms with Crippen LogP contribution < -0.4 is 5.32 Å². The maximum absolute atomic E-state index is 9.08. The predicted molar refractivity (Wildman–Crippen MR) is 45.1 cm³/mol. The summed E-state index contributed by atoms with van der Waals surface area (Å²) in [5, 5.41) is 21.0. The molecule has 0 bridgehead atoms. The summed E-state index contributed by atoms with van der Waals surface area (Å²) in [6.45, 7) is 0.814. The molecule has 0 aliphatic rings. The predicted octanol–water partition coefficient (Wildman–Crippen LogP) is 0.460. The van der Waals surface area contributed by atoms with Crippen LogP contribution in [0.1, 0.15) is 5.56 Å². The smallest absolute Gasteiger partial charge is 0.210 e. The van der Waals surface area contributed by atoms with Gasteiger partial charge < -0.3 is 15.5 Å². The fraction of sp³-hybridized carbons (Fsp3) is 0.333. The molecule has 0 amide bonds. The summed E-state index contributed by atoms with van der Waals surface area (Å²) in [4.78, 5) is 0. The summed E-state index contributed by atoms with van der Waals surface area (Å²) in [6.07, 6.45) is 0.765. The highest BCUT2D eigenvalue weighted by molar-refractivity contribution is 5.36. The Kier molecular flexibility index (Phi) is 2.78. The third-order valence-electron chi connectivity index (χ3n) is 1.54. The van der Waals surface area contributed by atoms with E-state index >= 15 is 0 Å². The molecule has 0 aromatic heterocycles. The van der Waals surface area contributed by atoms with Crippen LogP contribution in [0.3, 0.4) is 0 Å². The molecule has 1 aromatic rings. The Hall–Kier alpha value is -1.40. The Morgan fingerprint density at radius 2 is 2.17 bits per heavy atom. The van der Waals surface area contributed by atoms with Crippen molar-refractivity contribution in [2.24, 2.45) is 0 Å². The highest BCUT2D eigenvalue weighted by atomic mass is 16.3. The van der Waals surface area contributed by atoms with E-state index in [2.05, 4.69) is 17.4 Å². The van der Waals surface area contributed by atoms with Gasteiger partial charge in [-0.05, 0) is 32.1 Å². The van der Waals surface area contributed by atoms with E-state index in [4.69, 9.17) is 10.2 Å². The zero-order valence-corrected chi connectivity index (χ0v) is 6.89. The van der Waals surface area contributed by atoms with Crippen molar-refractivity contribution in [3.05, 3.63) is 23.8 Å². The number of hydrogen-bond acceptors (Lipinski definition) is 3. The lowest BCUT2D eigenvalue weighted by Gasteiger charge is -1.98. The van der Waals surface area contributed by atoms with Gasteiger partial charge in [0.05, 0.1) is 0 Å². The molecule has 3 nitrogen and oxygen atoms in total. The Labute approximate surface area is 71.7 Å². The minimum absolute atomic E-state index is 0.139. The van der Waals surface area contributed by atoms with Crippen molar-refractivity contribution in [2.45, 2.75) is 6.42 Å². The average molecular weight is 165 g/mol. The van der Waals surface area contributed by atoms with Crippen LogP contribution in [0.4, 0.5) is 0 Å². The van der Waals surface area contributed by atoms with E-state index in [0.29, 0.717) is 0 Å². The van der Waals surface area contributed by atoms with Crippen molar-refractivity contribution in [3.63, 3.8) is 0 Å². The molecule has 0 saturated heterocycles. The van der Waals surface area contributed by atoms with Crippen molar-refractivity contribution in [3.8, 4) is 11.5 Å². The van der Waals surface area contributed by atoms with E-state index in [0.717, 1.165) is 18.5 Å². The normalized spacial score (nSPS) is 9.42. The van der Waals surface area contributed by atoms with Gasteiger partial charge in [0, 0.05) is 5.56 Å². The van der Waals surface area contributed by atoms with Gasteiger partial charge in [0.25, 0.3) is 0 Å². The maximum atomic E-state index is 9.08. The summed E-state index contributed by atoms with van der Waals surface area (Å²) in [5.74, 6) is -0.386. The highest BCUT2D eigenvalue weighted by Crippen LogP contribution is 2.21. The summed E-state index contributed by atoms with van der Waals surface area (Å²) in [6, 6.07) is 6.66. The monoisotopic (exact) mass is 165 g/mol. The molecule has 64 valence electrons. The summed E-state index contributed by atoms with van der Waals surface area (Å²) >= 11 is 0. The first-order chi connectivity index (χ1) is 5.74. The van der Waals surface area contributed by atoms with Crippen molar-refractivity contribution >= 4 is 0 Å². The highest BCUT2D eigenvalue weighted by Gasteiger charge is 1.98. The van der Waals surface area contributed by atoms with Gasteiger partial charge in [-0.1, -0.05) is 6.07 Å². The molecule has 0 fully saturated rings. The fourth-order valence-electron chi connectivity index (χ4n) is 0.867. The van der Waals surface area contributed by atoms with Crippen LogP contribution >= 0.6 is 0 Å². The van der Waals surface area contributed by atoms with Crippen LogP contribution in [0, 0.1) is 12.1 Å². The second-order valence-electron chi connectivity index (χ2n) is 2.51. The topological polar surface area (TPSA) is 52.5 Å². The first-order valence-corrected chi connectivity index (χ1v) is 3.73. The Bertz CT molecular complexity index is 261. The van der Waals surface area contributed by atoms with Crippen LogP contribution in [-0.4, -0.2) is 23.8 Å². The van der Waals surface area contributed by atoms with Gasteiger partial charge >= 0.3 is 0 Å². The molecule has 1 aromatic carbocycles. The van der Waals surface area contributed by atoms with Crippen molar-refractivity contribution in [1.29, 1.82) is 0 Å². The number of nitrogens with one attached hydrogen (secondary N) is 1. The van der Waals surface area contributed by atoms with Crippen LogP contribution in [0.15, 0.2) is 6.07 Å². The molecule has 12 heavy (non-hydrogen) atoms. The molecular weight excluding hydrogens is 154 g/mol. The minimum atomic E-state index is -0.247. The Morgan fingerprint density at radius 1 is 1.42 bits per heavy atom. The van der Waals surface area contributed by atoms with E-state index < -0.39 is 0 Å². The third-order valence-corrected chi connectivity index (χ3v) is 1.54. The second-order valence-corrected chi connectivity index (χ2v) is 2.51. The van der Waals surface area contributed by atoms with Crippen molar-refractivity contribution < 1.29 is 10.2 Å². The number of likely N-dealkylation sites (N-methyl/N-ethyl adjacent to an activating group) is 1. The summed E-state index contributed by atoms with van der Waals surface area (Å²) < 4.78 is 0. The largest absolute Gasteiger partial charge is 0.504 e. The van der Waals surface area contributed by atoms with Gasteiger partial charge in [-0.3, -0.25) is 0 Å². The third kappa shape index (κ3) is 2.04. The lowest BCUT2D eigenvalue weighted by molar-refractivity contribution is 0.403. The van der Waals surface area contributed by atoms with Gasteiger partial charge in [0.15, 0.2) is 5.75 Å². The fourth-order valence-corrected chi connectivity index (χ4v) is 0.867. The number of hydrogen-bond donors (Lipinski definition) is 3. The van der Waals surface area contributed by atoms with Crippen molar-refractivity contribution in [2.75, 3.05) is 13.6 Å². The SMILES string of the molecule is CNCCc1c#cc(O)c(O)c1. The quantitative estimate of drug-likeness (QED) is 0.610. The van der Waals surface area contributed by atoms with Crippen LogP contribution in [0.2, 0.25) is 0 Å². The molecule has 0 aliphatic heterocycles. The lowest BCUT2D eigenvalue weighted by Crippen LogP contribution is -2.09. The number of aromatic hydroxyl groups is 2. The van der Waals surface area contributed by atoms with Crippen LogP contribution in [0.5, 0.6) is 11.5 Å². The molecule has 0 radical (unpaired) electrons. The van der Waals surface area contributed by atoms with E-state index in [1.807, 2.05) is 7.05 Å². The molecule has 0 heterocycles. The average Bonchev–Trinajstić information content (AvgIpc) is 2.07. The molecule has 0 unspecified atom stereocenters. The summed E-state index contributed by atoms with van der Waals surface area (Å²) in [5.41, 5.74) is 0.833. The molecule has 0 aliphatic carbocycles. The van der Waals surface area contributed by atoms with E-state index in [9.17, 15) is 0 Å². The Morgan fingerprint density at radius 3 is 2.75 bits per heavy atom. The number of rotatable bonds is 3. The first-order valence-electron chi connectivity index (χ1n) is 3.73. The Balaban J connectivity index is 2.69. The van der Waals surface area contributed by atoms with Crippen LogP contribution in [-0.2, 0) is 6.42 Å². The zero-order chi connectivity index (χ0) is 8.97. The van der Waals surface area contributed by atoms with Gasteiger partial charge in [-0.15, -0.1) is 0 Å². The van der Waals surface area contributed by atoms with Gasteiger partial charge in [0.2, 0.25) is 5.75 Å². The molecule has 0 spiro atoms. The minimum Gasteiger partial charge on any atom is -0.504 e. The second kappa shape index (κ2) is 3.84.